The number of carbonyl (C=O) groups excluding carboxylic acids is 2. The van der Waals surface area contributed by atoms with E-state index in [1.165, 1.54) is 11.3 Å². The van der Waals surface area contributed by atoms with Gasteiger partial charge in [-0.1, -0.05) is 32.0 Å². The first-order valence-corrected chi connectivity index (χ1v) is 12.5. The highest BCUT2D eigenvalue weighted by molar-refractivity contribution is 7.16. The molecule has 2 aromatic carbocycles. The lowest BCUT2D eigenvalue weighted by Crippen LogP contribution is -2.29. The Hall–Kier alpha value is -3.19. The summed E-state index contributed by atoms with van der Waals surface area (Å²) in [6.45, 7) is 8.57. The highest BCUT2D eigenvalue weighted by Gasteiger charge is 2.37. The van der Waals surface area contributed by atoms with Crippen molar-refractivity contribution in [1.82, 2.24) is 4.98 Å². The lowest BCUT2D eigenvalue weighted by atomic mass is 10.0. The first-order chi connectivity index (χ1) is 16.4. The van der Waals surface area contributed by atoms with Crippen LogP contribution in [0.1, 0.15) is 41.8 Å². The zero-order valence-electron chi connectivity index (χ0n) is 20.4. The standard InChI is InChI=1S/C27H31N3O3S/c1-6-18-9-8-10-19(7-2)25(18)30-15-21(14-23(30)31)26(32)29-27-28-24(17(4)34-27)20-11-12-22(33-5)16(3)13-20/h8-13,21H,6-7,14-15H2,1-5H3,(H,28,29,32). The molecule has 7 heteroatoms. The Morgan fingerprint density at radius 3 is 2.50 bits per heavy atom. The molecule has 1 aliphatic rings. The fourth-order valence-corrected chi connectivity index (χ4v) is 5.45. The van der Waals surface area contributed by atoms with Gasteiger partial charge < -0.3 is 15.0 Å². The fraction of sp³-hybridized carbons (Fsp3) is 0.370. The van der Waals surface area contributed by atoms with Crippen molar-refractivity contribution in [2.24, 2.45) is 5.92 Å². The molecule has 1 atom stereocenters. The van der Waals surface area contributed by atoms with Crippen molar-refractivity contribution in [3.8, 4) is 17.0 Å². The lowest BCUT2D eigenvalue weighted by molar-refractivity contribution is -0.122. The molecule has 3 aromatic rings. The third-order valence-corrected chi connectivity index (χ3v) is 7.31. The predicted molar refractivity (Wildman–Crippen MR) is 138 cm³/mol. The predicted octanol–water partition coefficient (Wildman–Crippen LogP) is 5.55. The van der Waals surface area contributed by atoms with Gasteiger partial charge in [0, 0.05) is 29.1 Å². The Kier molecular flexibility index (Phi) is 7.03. The van der Waals surface area contributed by atoms with Crippen LogP contribution in [0.15, 0.2) is 36.4 Å². The summed E-state index contributed by atoms with van der Waals surface area (Å²) in [5, 5.41) is 3.52. The molecule has 6 nitrogen and oxygen atoms in total. The van der Waals surface area contributed by atoms with E-state index >= 15 is 0 Å². The Morgan fingerprint density at radius 2 is 1.88 bits per heavy atom. The maximum atomic E-state index is 13.1. The molecular weight excluding hydrogens is 446 g/mol. The first kappa shape index (κ1) is 24.0. The van der Waals surface area contributed by atoms with Gasteiger partial charge in [-0.05, 0) is 61.6 Å². The molecule has 1 fully saturated rings. The summed E-state index contributed by atoms with van der Waals surface area (Å²) >= 11 is 1.45. The van der Waals surface area contributed by atoms with Crippen LogP contribution in [-0.2, 0) is 22.4 Å². The van der Waals surface area contributed by atoms with E-state index in [1.54, 1.807) is 12.0 Å². The minimum absolute atomic E-state index is 0.000432. The summed E-state index contributed by atoms with van der Waals surface area (Å²) in [4.78, 5) is 33.5. The van der Waals surface area contributed by atoms with Crippen molar-refractivity contribution < 1.29 is 14.3 Å². The normalized spacial score (nSPS) is 15.6. The summed E-state index contributed by atoms with van der Waals surface area (Å²) < 4.78 is 5.35. The molecule has 1 saturated heterocycles. The average molecular weight is 478 g/mol. The van der Waals surface area contributed by atoms with Crippen LogP contribution in [0, 0.1) is 19.8 Å². The highest BCUT2D eigenvalue weighted by atomic mass is 32.1. The van der Waals surface area contributed by atoms with Crippen LogP contribution >= 0.6 is 11.3 Å². The van der Waals surface area contributed by atoms with Crippen molar-refractivity contribution in [3.05, 3.63) is 58.0 Å². The number of amides is 2. The van der Waals surface area contributed by atoms with E-state index in [4.69, 9.17) is 4.74 Å². The van der Waals surface area contributed by atoms with Gasteiger partial charge in [0.05, 0.1) is 18.7 Å². The lowest BCUT2D eigenvalue weighted by Gasteiger charge is -2.23. The SMILES string of the molecule is CCc1cccc(CC)c1N1CC(C(=O)Nc2nc(-c3ccc(OC)c(C)c3)c(C)s2)CC1=O. The Bertz CT molecular complexity index is 1210. The highest BCUT2D eigenvalue weighted by Crippen LogP contribution is 2.35. The molecular formula is C27H31N3O3S. The van der Waals surface area contributed by atoms with Crippen molar-refractivity contribution >= 4 is 34.0 Å². The topological polar surface area (TPSA) is 71.5 Å². The van der Waals surface area contributed by atoms with Crippen molar-refractivity contribution in [1.29, 1.82) is 0 Å². The quantitative estimate of drug-likeness (QED) is 0.484. The molecule has 0 aliphatic carbocycles. The van der Waals surface area contributed by atoms with E-state index in [-0.39, 0.29) is 18.2 Å². The average Bonchev–Trinajstić information content (AvgIpc) is 3.40. The smallest absolute Gasteiger partial charge is 0.231 e. The van der Waals surface area contributed by atoms with Crippen molar-refractivity contribution in [2.45, 2.75) is 47.0 Å². The molecule has 0 bridgehead atoms. The molecule has 34 heavy (non-hydrogen) atoms. The zero-order chi connectivity index (χ0) is 24.4. The van der Waals surface area contributed by atoms with Crippen LogP contribution in [0.4, 0.5) is 10.8 Å². The van der Waals surface area contributed by atoms with Gasteiger partial charge in [0.1, 0.15) is 5.75 Å². The molecule has 1 N–H and O–H groups in total. The number of aromatic nitrogens is 1. The number of carbonyl (C=O) groups is 2. The number of aryl methyl sites for hydroxylation is 4. The Balaban J connectivity index is 1.51. The first-order valence-electron chi connectivity index (χ1n) is 11.7. The van der Waals surface area contributed by atoms with E-state index in [1.807, 2.05) is 38.1 Å². The summed E-state index contributed by atoms with van der Waals surface area (Å²) in [6, 6.07) is 12.1. The van der Waals surface area contributed by atoms with Gasteiger partial charge >= 0.3 is 0 Å². The van der Waals surface area contributed by atoms with E-state index in [0.717, 1.165) is 57.1 Å². The molecule has 0 radical (unpaired) electrons. The molecule has 0 spiro atoms. The second-order valence-electron chi connectivity index (χ2n) is 8.63. The van der Waals surface area contributed by atoms with Gasteiger partial charge in [0.2, 0.25) is 11.8 Å². The fourth-order valence-electron chi connectivity index (χ4n) is 4.61. The summed E-state index contributed by atoms with van der Waals surface area (Å²) in [5.74, 6) is 0.268. The van der Waals surface area contributed by atoms with Gasteiger partial charge in [-0.3, -0.25) is 9.59 Å². The summed E-state index contributed by atoms with van der Waals surface area (Å²) in [7, 11) is 1.66. The molecule has 1 aliphatic heterocycles. The van der Waals surface area contributed by atoms with E-state index in [2.05, 4.69) is 36.3 Å². The molecule has 0 saturated carbocycles. The number of thiazole rings is 1. The van der Waals surface area contributed by atoms with Gasteiger partial charge in [-0.15, -0.1) is 11.3 Å². The van der Waals surface area contributed by atoms with E-state index in [0.29, 0.717) is 11.7 Å². The third kappa shape index (κ3) is 4.57. The number of para-hydroxylation sites is 1. The van der Waals surface area contributed by atoms with E-state index in [9.17, 15) is 9.59 Å². The number of hydrogen-bond donors (Lipinski definition) is 1. The zero-order valence-corrected chi connectivity index (χ0v) is 21.2. The van der Waals surface area contributed by atoms with Crippen LogP contribution in [0.5, 0.6) is 5.75 Å². The van der Waals surface area contributed by atoms with Crippen LogP contribution in [0.2, 0.25) is 0 Å². The summed E-state index contributed by atoms with van der Waals surface area (Å²) in [5.41, 5.74) is 6.13. The Labute approximate surface area is 205 Å². The maximum absolute atomic E-state index is 13.1. The number of rotatable bonds is 7. The van der Waals surface area contributed by atoms with Crippen LogP contribution in [0.3, 0.4) is 0 Å². The van der Waals surface area contributed by atoms with Gasteiger partial charge in [0.25, 0.3) is 0 Å². The molecule has 2 heterocycles. The van der Waals surface area contributed by atoms with Crippen LogP contribution in [-0.4, -0.2) is 30.5 Å². The largest absolute Gasteiger partial charge is 0.496 e. The molecule has 2 amide bonds. The second-order valence-corrected chi connectivity index (χ2v) is 9.84. The third-order valence-electron chi connectivity index (χ3n) is 6.43. The van der Waals surface area contributed by atoms with Gasteiger partial charge in [-0.2, -0.15) is 0 Å². The minimum atomic E-state index is -0.405. The number of anilines is 2. The number of benzene rings is 2. The molecule has 178 valence electrons. The number of methoxy groups -OCH3 is 1. The number of nitrogens with zero attached hydrogens (tertiary/aromatic N) is 2. The summed E-state index contributed by atoms with van der Waals surface area (Å²) in [6.07, 6.45) is 1.90. The number of hydrogen-bond acceptors (Lipinski definition) is 5. The van der Waals surface area contributed by atoms with Crippen LogP contribution in [0.25, 0.3) is 11.3 Å². The van der Waals surface area contributed by atoms with Gasteiger partial charge in [-0.25, -0.2) is 4.98 Å². The second kappa shape index (κ2) is 9.97. The molecule has 4 rings (SSSR count). The maximum Gasteiger partial charge on any atom is 0.231 e. The number of nitrogens with one attached hydrogen (secondary N) is 1. The number of ether oxygens (including phenoxy) is 1. The van der Waals surface area contributed by atoms with Crippen molar-refractivity contribution in [2.75, 3.05) is 23.9 Å². The minimum Gasteiger partial charge on any atom is -0.496 e. The molecule has 1 aromatic heterocycles. The van der Waals surface area contributed by atoms with Crippen LogP contribution < -0.4 is 15.0 Å². The van der Waals surface area contributed by atoms with Crippen molar-refractivity contribution in [3.63, 3.8) is 0 Å². The van der Waals surface area contributed by atoms with Gasteiger partial charge in [0.15, 0.2) is 5.13 Å². The Morgan fingerprint density at radius 1 is 1.18 bits per heavy atom. The monoisotopic (exact) mass is 477 g/mol. The van der Waals surface area contributed by atoms with E-state index < -0.39 is 5.92 Å². The molecule has 1 unspecified atom stereocenters.